The first kappa shape index (κ1) is 25.1. The molecule has 3 rings (SSSR count). The Morgan fingerprint density at radius 2 is 1.82 bits per heavy atom. The van der Waals surface area contributed by atoms with Crippen molar-refractivity contribution in [2.75, 3.05) is 29.6 Å². The molecule has 0 aliphatic heterocycles. The van der Waals surface area contributed by atoms with Gasteiger partial charge in [-0.25, -0.2) is 4.68 Å². The van der Waals surface area contributed by atoms with Crippen LogP contribution in [0, 0.1) is 11.3 Å². The summed E-state index contributed by atoms with van der Waals surface area (Å²) in [4.78, 5) is 14.6. The van der Waals surface area contributed by atoms with Crippen LogP contribution in [0.2, 0.25) is 0 Å². The lowest BCUT2D eigenvalue weighted by atomic mass is 9.87. The Hall–Kier alpha value is -3.51. The molecule has 1 amide bonds. The second-order valence-corrected chi connectivity index (χ2v) is 9.62. The fourth-order valence-corrected chi connectivity index (χ4v) is 4.08. The van der Waals surface area contributed by atoms with Crippen molar-refractivity contribution in [1.29, 1.82) is 5.26 Å². The van der Waals surface area contributed by atoms with Gasteiger partial charge in [-0.05, 0) is 42.2 Å². The molecule has 2 aromatic carbocycles. The van der Waals surface area contributed by atoms with E-state index in [1.807, 2.05) is 43.3 Å². The first-order chi connectivity index (χ1) is 16.2. The number of carbonyl (C=O) groups is 1. The van der Waals surface area contributed by atoms with Gasteiger partial charge in [0, 0.05) is 17.8 Å². The Kier molecular flexibility index (Phi) is 8.18. The Morgan fingerprint density at radius 3 is 2.41 bits per heavy atom. The Balaban J connectivity index is 1.71. The van der Waals surface area contributed by atoms with Gasteiger partial charge in [0.1, 0.15) is 5.75 Å². The SMILES string of the molecule is CCOc1ccc(N(CCC#N)C(=O)CSc2nnc(-c3ccc(C(C)(C)C)cc3)n2N)cc1. The van der Waals surface area contributed by atoms with E-state index in [0.29, 0.717) is 29.8 Å². The number of rotatable bonds is 9. The summed E-state index contributed by atoms with van der Waals surface area (Å²) < 4.78 is 6.87. The van der Waals surface area contributed by atoms with Crippen molar-refractivity contribution in [3.05, 3.63) is 54.1 Å². The van der Waals surface area contributed by atoms with Gasteiger partial charge in [0.05, 0.1) is 24.8 Å². The lowest BCUT2D eigenvalue weighted by Crippen LogP contribution is -2.33. The van der Waals surface area contributed by atoms with Crippen molar-refractivity contribution in [2.24, 2.45) is 0 Å². The molecule has 0 aliphatic carbocycles. The van der Waals surface area contributed by atoms with Gasteiger partial charge in [0.25, 0.3) is 0 Å². The van der Waals surface area contributed by atoms with Gasteiger partial charge in [0.2, 0.25) is 11.1 Å². The first-order valence-corrected chi connectivity index (χ1v) is 12.1. The molecule has 0 radical (unpaired) electrons. The zero-order valence-electron chi connectivity index (χ0n) is 20.0. The largest absolute Gasteiger partial charge is 0.494 e. The quantitative estimate of drug-likeness (QED) is 0.359. The standard InChI is InChI=1S/C25H30N6O2S/c1-5-33-21-13-11-20(12-14-21)30(16-6-15-26)22(32)17-34-24-29-28-23(31(24)27)18-7-9-19(10-8-18)25(2,3)4/h7-14H,5-6,16-17,27H2,1-4H3. The van der Waals surface area contributed by atoms with Crippen molar-refractivity contribution in [3.63, 3.8) is 0 Å². The molecule has 0 aliphatic rings. The molecule has 1 heterocycles. The number of hydrogen-bond donors (Lipinski definition) is 1. The number of carbonyl (C=O) groups excluding carboxylic acids is 1. The van der Waals surface area contributed by atoms with Gasteiger partial charge in [-0.2, -0.15) is 5.26 Å². The fourth-order valence-electron chi connectivity index (χ4n) is 3.34. The predicted molar refractivity (Wildman–Crippen MR) is 135 cm³/mol. The van der Waals surface area contributed by atoms with Gasteiger partial charge in [0.15, 0.2) is 5.82 Å². The number of nitrogen functional groups attached to an aromatic ring is 1. The van der Waals surface area contributed by atoms with E-state index in [9.17, 15) is 4.79 Å². The Bertz CT molecular complexity index is 1140. The van der Waals surface area contributed by atoms with Crippen LogP contribution in [0.4, 0.5) is 5.69 Å². The van der Waals surface area contributed by atoms with Gasteiger partial charge in [-0.15, -0.1) is 10.2 Å². The zero-order valence-corrected chi connectivity index (χ0v) is 20.8. The molecular weight excluding hydrogens is 448 g/mol. The second kappa shape index (κ2) is 11.1. The molecule has 0 bridgehead atoms. The van der Waals surface area contributed by atoms with E-state index < -0.39 is 0 Å². The van der Waals surface area contributed by atoms with E-state index >= 15 is 0 Å². The van der Waals surface area contributed by atoms with E-state index in [1.54, 1.807) is 4.90 Å². The Morgan fingerprint density at radius 1 is 1.15 bits per heavy atom. The van der Waals surface area contributed by atoms with Crippen molar-refractivity contribution in [1.82, 2.24) is 14.9 Å². The maximum absolute atomic E-state index is 13.0. The Labute approximate surface area is 204 Å². The second-order valence-electron chi connectivity index (χ2n) is 8.67. The van der Waals surface area contributed by atoms with Crippen LogP contribution in [0.15, 0.2) is 53.7 Å². The molecular formula is C25H30N6O2S. The average molecular weight is 479 g/mol. The third-order valence-electron chi connectivity index (χ3n) is 5.21. The summed E-state index contributed by atoms with van der Waals surface area (Å²) in [5.41, 5.74) is 2.83. The number of benzene rings is 2. The third-order valence-corrected chi connectivity index (χ3v) is 6.13. The molecule has 1 aromatic heterocycles. The van der Waals surface area contributed by atoms with Crippen LogP contribution in [0.25, 0.3) is 11.4 Å². The normalized spacial score (nSPS) is 11.1. The predicted octanol–water partition coefficient (Wildman–Crippen LogP) is 4.39. The highest BCUT2D eigenvalue weighted by Gasteiger charge is 2.20. The molecule has 0 unspecified atom stereocenters. The summed E-state index contributed by atoms with van der Waals surface area (Å²) in [6.45, 7) is 9.25. The van der Waals surface area contributed by atoms with Crippen molar-refractivity contribution >= 4 is 23.4 Å². The van der Waals surface area contributed by atoms with Gasteiger partial charge in [-0.1, -0.05) is 56.8 Å². The summed E-state index contributed by atoms with van der Waals surface area (Å²) in [5.74, 6) is 7.47. The van der Waals surface area contributed by atoms with Gasteiger partial charge >= 0.3 is 0 Å². The summed E-state index contributed by atoms with van der Waals surface area (Å²) in [7, 11) is 0. The molecule has 3 aromatic rings. The van der Waals surface area contributed by atoms with Gasteiger partial charge < -0.3 is 15.5 Å². The van der Waals surface area contributed by atoms with Crippen molar-refractivity contribution in [2.45, 2.75) is 44.7 Å². The van der Waals surface area contributed by atoms with Crippen LogP contribution in [0.3, 0.4) is 0 Å². The molecule has 0 spiro atoms. The number of aromatic nitrogens is 3. The summed E-state index contributed by atoms with van der Waals surface area (Å²) >= 11 is 1.21. The highest BCUT2D eigenvalue weighted by Crippen LogP contribution is 2.27. The number of nitriles is 1. The monoisotopic (exact) mass is 478 g/mol. The van der Waals surface area contributed by atoms with Crippen LogP contribution in [0.1, 0.15) is 39.7 Å². The first-order valence-electron chi connectivity index (χ1n) is 11.1. The highest BCUT2D eigenvalue weighted by atomic mass is 32.2. The number of thioether (sulfide) groups is 1. The smallest absolute Gasteiger partial charge is 0.237 e. The van der Waals surface area contributed by atoms with Crippen LogP contribution >= 0.6 is 11.8 Å². The average Bonchev–Trinajstić information content (AvgIpc) is 3.19. The van der Waals surface area contributed by atoms with E-state index in [1.165, 1.54) is 22.0 Å². The number of anilines is 1. The number of nitrogens with two attached hydrogens (primary N) is 1. The number of amides is 1. The highest BCUT2D eigenvalue weighted by molar-refractivity contribution is 7.99. The number of nitrogens with zero attached hydrogens (tertiary/aromatic N) is 5. The summed E-state index contributed by atoms with van der Waals surface area (Å²) in [6.07, 6.45) is 0.228. The molecule has 8 nitrogen and oxygen atoms in total. The summed E-state index contributed by atoms with van der Waals surface area (Å²) in [6, 6.07) is 17.4. The topological polar surface area (TPSA) is 110 Å². The molecule has 0 saturated heterocycles. The minimum absolute atomic E-state index is 0.0526. The summed E-state index contributed by atoms with van der Waals surface area (Å²) in [5, 5.41) is 17.9. The van der Waals surface area contributed by atoms with E-state index in [4.69, 9.17) is 15.8 Å². The van der Waals surface area contributed by atoms with E-state index in [0.717, 1.165) is 11.3 Å². The van der Waals surface area contributed by atoms with Crippen LogP contribution in [-0.4, -0.2) is 39.7 Å². The number of hydrogen-bond acceptors (Lipinski definition) is 7. The maximum atomic E-state index is 13.0. The van der Waals surface area contributed by atoms with Crippen LogP contribution in [0.5, 0.6) is 5.75 Å². The third kappa shape index (κ3) is 6.08. The zero-order chi connectivity index (χ0) is 24.7. The van der Waals surface area contributed by atoms with Gasteiger partial charge in [-0.3, -0.25) is 4.79 Å². The molecule has 34 heavy (non-hydrogen) atoms. The fraction of sp³-hybridized carbons (Fsp3) is 0.360. The van der Waals surface area contributed by atoms with Crippen LogP contribution in [-0.2, 0) is 10.2 Å². The van der Waals surface area contributed by atoms with Crippen molar-refractivity contribution < 1.29 is 9.53 Å². The lowest BCUT2D eigenvalue weighted by molar-refractivity contribution is -0.116. The molecule has 0 saturated carbocycles. The minimum Gasteiger partial charge on any atom is -0.494 e. The molecule has 0 atom stereocenters. The van der Waals surface area contributed by atoms with Crippen molar-refractivity contribution in [3.8, 4) is 23.2 Å². The van der Waals surface area contributed by atoms with E-state index in [2.05, 4.69) is 49.2 Å². The number of ether oxygens (including phenoxy) is 1. The lowest BCUT2D eigenvalue weighted by Gasteiger charge is -2.22. The maximum Gasteiger partial charge on any atom is 0.237 e. The molecule has 178 valence electrons. The minimum atomic E-state index is -0.150. The molecule has 0 fully saturated rings. The molecule has 2 N–H and O–H groups in total. The molecule has 9 heteroatoms. The van der Waals surface area contributed by atoms with E-state index in [-0.39, 0.29) is 23.5 Å². The van der Waals surface area contributed by atoms with Crippen LogP contribution < -0.4 is 15.5 Å².